The molecule has 0 saturated carbocycles. The fraction of sp³-hybridized carbons (Fsp3) is 0.200. The van der Waals surface area contributed by atoms with Crippen LogP contribution in [0.4, 0.5) is 0 Å². The topological polar surface area (TPSA) is 34.1 Å². The van der Waals surface area contributed by atoms with Gasteiger partial charge in [0.1, 0.15) is 0 Å². The van der Waals surface area contributed by atoms with Crippen molar-refractivity contribution in [1.29, 1.82) is 0 Å². The summed E-state index contributed by atoms with van der Waals surface area (Å²) in [4.78, 5) is 0.371. The fourth-order valence-corrected chi connectivity index (χ4v) is 3.68. The molecule has 4 heteroatoms. The van der Waals surface area contributed by atoms with Crippen molar-refractivity contribution in [2.75, 3.05) is 5.75 Å². The predicted molar refractivity (Wildman–Crippen MR) is 78.4 cm³/mol. The summed E-state index contributed by atoms with van der Waals surface area (Å²) in [5.74, 6) is 0.0287. The lowest BCUT2D eigenvalue weighted by atomic mass is 10.0. The predicted octanol–water partition coefficient (Wildman–Crippen LogP) is 3.92. The van der Waals surface area contributed by atoms with Gasteiger partial charge in [-0.2, -0.15) is 0 Å². The Morgan fingerprint density at radius 3 is 2.16 bits per heavy atom. The molecule has 2 nitrogen and oxygen atoms in total. The highest BCUT2D eigenvalue weighted by atomic mass is 35.5. The van der Waals surface area contributed by atoms with E-state index in [4.69, 9.17) is 11.6 Å². The molecule has 2 aromatic carbocycles. The van der Waals surface area contributed by atoms with E-state index in [2.05, 4.69) is 0 Å². The molecule has 0 unspecified atom stereocenters. The van der Waals surface area contributed by atoms with E-state index in [-0.39, 0.29) is 11.7 Å². The number of benzene rings is 2. The fourth-order valence-electron chi connectivity index (χ4n) is 1.94. The summed E-state index contributed by atoms with van der Waals surface area (Å²) < 4.78 is 24.5. The SMILES string of the molecule is C[C@@H](CS(=O)(=O)c1ccccc1)c1ccc(Cl)cc1. The summed E-state index contributed by atoms with van der Waals surface area (Å²) in [5.41, 5.74) is 0.976. The second kappa shape index (κ2) is 5.76. The van der Waals surface area contributed by atoms with E-state index in [1.54, 1.807) is 36.4 Å². The number of hydrogen-bond donors (Lipinski definition) is 0. The zero-order valence-corrected chi connectivity index (χ0v) is 12.2. The monoisotopic (exact) mass is 294 g/mol. The molecule has 0 radical (unpaired) electrons. The lowest BCUT2D eigenvalue weighted by Gasteiger charge is -2.12. The van der Waals surface area contributed by atoms with Crippen molar-refractivity contribution in [3.05, 3.63) is 65.2 Å². The second-order valence-corrected chi connectivity index (χ2v) is 7.02. The third-order valence-corrected chi connectivity index (χ3v) is 5.19. The Morgan fingerprint density at radius 2 is 1.58 bits per heavy atom. The van der Waals surface area contributed by atoms with Crippen molar-refractivity contribution in [3.8, 4) is 0 Å². The van der Waals surface area contributed by atoms with Crippen LogP contribution in [0.1, 0.15) is 18.4 Å². The summed E-state index contributed by atoms with van der Waals surface area (Å²) in [6.45, 7) is 1.91. The molecule has 0 fully saturated rings. The van der Waals surface area contributed by atoms with Gasteiger partial charge in [0.25, 0.3) is 0 Å². The largest absolute Gasteiger partial charge is 0.224 e. The maximum Gasteiger partial charge on any atom is 0.178 e. The smallest absolute Gasteiger partial charge is 0.178 e. The van der Waals surface area contributed by atoms with Crippen LogP contribution in [0.25, 0.3) is 0 Å². The van der Waals surface area contributed by atoms with Gasteiger partial charge in [0.05, 0.1) is 10.6 Å². The van der Waals surface area contributed by atoms with Crippen LogP contribution in [0.2, 0.25) is 5.02 Å². The van der Waals surface area contributed by atoms with Crippen molar-refractivity contribution >= 4 is 21.4 Å². The Morgan fingerprint density at radius 1 is 1.00 bits per heavy atom. The van der Waals surface area contributed by atoms with E-state index < -0.39 is 9.84 Å². The van der Waals surface area contributed by atoms with Crippen molar-refractivity contribution in [2.24, 2.45) is 0 Å². The van der Waals surface area contributed by atoms with Crippen LogP contribution < -0.4 is 0 Å². The van der Waals surface area contributed by atoms with Crippen LogP contribution in [0.15, 0.2) is 59.5 Å². The molecule has 2 aromatic rings. The molecule has 2 rings (SSSR count). The van der Waals surface area contributed by atoms with Gasteiger partial charge < -0.3 is 0 Å². The number of halogens is 1. The first-order valence-electron chi connectivity index (χ1n) is 6.02. The van der Waals surface area contributed by atoms with E-state index in [1.807, 2.05) is 25.1 Å². The minimum atomic E-state index is -3.25. The van der Waals surface area contributed by atoms with Gasteiger partial charge in [0, 0.05) is 5.02 Å². The lowest BCUT2D eigenvalue weighted by Crippen LogP contribution is -2.12. The van der Waals surface area contributed by atoms with Gasteiger partial charge in [-0.1, -0.05) is 48.9 Å². The molecule has 19 heavy (non-hydrogen) atoms. The number of hydrogen-bond acceptors (Lipinski definition) is 2. The summed E-state index contributed by atoms with van der Waals surface area (Å²) in [5, 5.41) is 0.655. The first-order chi connectivity index (χ1) is 8.99. The molecule has 0 bridgehead atoms. The van der Waals surface area contributed by atoms with Crippen LogP contribution in [0.5, 0.6) is 0 Å². The van der Waals surface area contributed by atoms with E-state index >= 15 is 0 Å². The molecule has 100 valence electrons. The summed E-state index contributed by atoms with van der Waals surface area (Å²) >= 11 is 5.83. The average Bonchev–Trinajstić information content (AvgIpc) is 2.40. The van der Waals surface area contributed by atoms with Gasteiger partial charge in [-0.15, -0.1) is 0 Å². The summed E-state index contributed by atoms with van der Waals surface area (Å²) in [7, 11) is -3.25. The van der Waals surface area contributed by atoms with Crippen molar-refractivity contribution in [3.63, 3.8) is 0 Å². The second-order valence-electron chi connectivity index (χ2n) is 4.55. The minimum absolute atomic E-state index is 0.0672. The minimum Gasteiger partial charge on any atom is -0.224 e. The standard InChI is InChI=1S/C15H15ClO2S/c1-12(13-7-9-14(16)10-8-13)11-19(17,18)15-5-3-2-4-6-15/h2-10,12H,11H2,1H3/t12-/m0/s1. The van der Waals surface area contributed by atoms with E-state index in [1.165, 1.54) is 0 Å². The zero-order valence-electron chi connectivity index (χ0n) is 10.6. The van der Waals surface area contributed by atoms with Gasteiger partial charge in [-0.05, 0) is 35.7 Å². The van der Waals surface area contributed by atoms with E-state index in [9.17, 15) is 8.42 Å². The molecule has 0 amide bonds. The van der Waals surface area contributed by atoms with Crippen LogP contribution >= 0.6 is 11.6 Å². The Balaban J connectivity index is 2.19. The third kappa shape index (κ3) is 3.58. The molecule has 0 aromatic heterocycles. The highest BCUT2D eigenvalue weighted by molar-refractivity contribution is 7.91. The van der Waals surface area contributed by atoms with Crippen molar-refractivity contribution < 1.29 is 8.42 Å². The van der Waals surface area contributed by atoms with Crippen LogP contribution in [-0.4, -0.2) is 14.2 Å². The molecule has 0 N–H and O–H groups in total. The third-order valence-electron chi connectivity index (χ3n) is 3.01. The first kappa shape index (κ1) is 14.1. The Hall–Kier alpha value is -1.32. The molecule has 0 heterocycles. The van der Waals surface area contributed by atoms with E-state index in [0.29, 0.717) is 9.92 Å². The van der Waals surface area contributed by atoms with Gasteiger partial charge in [0.15, 0.2) is 9.84 Å². The molecule has 1 atom stereocenters. The quantitative estimate of drug-likeness (QED) is 0.856. The zero-order chi connectivity index (χ0) is 13.9. The van der Waals surface area contributed by atoms with Gasteiger partial charge in [-0.25, -0.2) is 8.42 Å². The van der Waals surface area contributed by atoms with E-state index in [0.717, 1.165) is 5.56 Å². The Kier molecular flexibility index (Phi) is 4.27. The maximum absolute atomic E-state index is 12.3. The number of rotatable bonds is 4. The number of sulfone groups is 1. The molecule has 0 aliphatic carbocycles. The molecule has 0 aliphatic heterocycles. The van der Waals surface area contributed by atoms with Gasteiger partial charge >= 0.3 is 0 Å². The molecular weight excluding hydrogens is 280 g/mol. The first-order valence-corrected chi connectivity index (χ1v) is 8.05. The molecule has 0 spiro atoms. The lowest BCUT2D eigenvalue weighted by molar-refractivity contribution is 0.590. The highest BCUT2D eigenvalue weighted by Crippen LogP contribution is 2.22. The van der Waals surface area contributed by atoms with Gasteiger partial charge in [0.2, 0.25) is 0 Å². The molecular formula is C15H15ClO2S. The molecule has 0 saturated heterocycles. The average molecular weight is 295 g/mol. The highest BCUT2D eigenvalue weighted by Gasteiger charge is 2.19. The summed E-state index contributed by atoms with van der Waals surface area (Å²) in [6.07, 6.45) is 0. The maximum atomic E-state index is 12.3. The van der Waals surface area contributed by atoms with Gasteiger partial charge in [-0.3, -0.25) is 0 Å². The Bertz CT molecular complexity index is 634. The van der Waals surface area contributed by atoms with Crippen LogP contribution in [-0.2, 0) is 9.84 Å². The Labute approximate surface area is 119 Å². The van der Waals surface area contributed by atoms with Crippen molar-refractivity contribution in [1.82, 2.24) is 0 Å². The normalized spacial score (nSPS) is 13.2. The van der Waals surface area contributed by atoms with Crippen molar-refractivity contribution in [2.45, 2.75) is 17.7 Å². The van der Waals surface area contributed by atoms with Crippen LogP contribution in [0, 0.1) is 0 Å². The van der Waals surface area contributed by atoms with Crippen LogP contribution in [0.3, 0.4) is 0 Å². The summed E-state index contributed by atoms with van der Waals surface area (Å²) in [6, 6.07) is 15.8. The molecule has 0 aliphatic rings.